The number of nitrogens with zero attached hydrogens (tertiary/aromatic N) is 2. The molecule has 0 spiro atoms. The first-order chi connectivity index (χ1) is 12.8. The van der Waals surface area contributed by atoms with Gasteiger partial charge in [0.05, 0.1) is 5.75 Å². The number of guanidine groups is 1. The largest absolute Gasteiger partial charge is 0.352 e. The quantitative estimate of drug-likeness (QED) is 0.324. The number of hydrogen-bond donors (Lipinski definition) is 2. The van der Waals surface area contributed by atoms with Crippen LogP contribution in [-0.4, -0.2) is 40.4 Å². The molecule has 0 amide bonds. The van der Waals surface area contributed by atoms with Crippen molar-refractivity contribution >= 4 is 51.6 Å². The van der Waals surface area contributed by atoms with Crippen molar-refractivity contribution in [1.82, 2.24) is 14.9 Å². The van der Waals surface area contributed by atoms with Gasteiger partial charge in [0.25, 0.3) is 0 Å². The van der Waals surface area contributed by atoms with E-state index in [1.165, 1.54) is 7.05 Å². The summed E-state index contributed by atoms with van der Waals surface area (Å²) in [5.74, 6) is 0.745. The molecule has 2 aromatic carbocycles. The lowest BCUT2D eigenvalue weighted by Gasteiger charge is -2.22. The lowest BCUT2D eigenvalue weighted by Crippen LogP contribution is -2.38. The van der Waals surface area contributed by atoms with Crippen LogP contribution in [0, 0.1) is 0 Å². The number of nitrogens with one attached hydrogen (secondary N) is 2. The smallest absolute Gasteiger partial charge is 0.215 e. The summed E-state index contributed by atoms with van der Waals surface area (Å²) < 4.78 is 25.5. The minimum Gasteiger partial charge on any atom is -0.352 e. The molecule has 0 unspecified atom stereocenters. The fraction of sp³-hybridized carbons (Fsp3) is 0.316. The van der Waals surface area contributed by atoms with Gasteiger partial charge in [-0.2, -0.15) is 0 Å². The fourth-order valence-electron chi connectivity index (χ4n) is 2.55. The van der Waals surface area contributed by atoms with Gasteiger partial charge < -0.3 is 10.2 Å². The Hall–Kier alpha value is -1.36. The number of sulfonamides is 1. The maximum absolute atomic E-state index is 11.6. The van der Waals surface area contributed by atoms with Crippen molar-refractivity contribution in [2.24, 2.45) is 4.99 Å². The molecular formula is C19H26ClIN4O2S. The highest BCUT2D eigenvalue weighted by Gasteiger charge is 2.09. The van der Waals surface area contributed by atoms with Crippen LogP contribution in [0.25, 0.3) is 0 Å². The van der Waals surface area contributed by atoms with Crippen molar-refractivity contribution in [1.29, 1.82) is 0 Å². The van der Waals surface area contributed by atoms with Gasteiger partial charge in [0, 0.05) is 32.2 Å². The number of aliphatic imine (C=N–C) groups is 1. The summed E-state index contributed by atoms with van der Waals surface area (Å²) in [7, 11) is 1.87. The molecule has 0 aliphatic carbocycles. The van der Waals surface area contributed by atoms with Crippen molar-refractivity contribution < 1.29 is 8.42 Å². The van der Waals surface area contributed by atoms with E-state index in [0.29, 0.717) is 13.1 Å². The number of halogens is 2. The lowest BCUT2D eigenvalue weighted by atomic mass is 10.1. The Balaban J connectivity index is 0.00000392. The van der Waals surface area contributed by atoms with Crippen LogP contribution in [0.2, 0.25) is 5.02 Å². The molecule has 0 radical (unpaired) electrons. The van der Waals surface area contributed by atoms with Crippen molar-refractivity contribution in [2.45, 2.75) is 18.8 Å². The first kappa shape index (κ1) is 24.7. The Labute approximate surface area is 189 Å². The van der Waals surface area contributed by atoms with E-state index < -0.39 is 10.0 Å². The minimum atomic E-state index is -3.26. The lowest BCUT2D eigenvalue weighted by molar-refractivity contribution is 0.476. The summed E-state index contributed by atoms with van der Waals surface area (Å²) >= 11 is 5.92. The Kier molecular flexibility index (Phi) is 10.2. The zero-order chi connectivity index (χ0) is 19.9. The molecule has 2 aromatic rings. The van der Waals surface area contributed by atoms with Crippen LogP contribution < -0.4 is 10.0 Å². The average Bonchev–Trinajstić information content (AvgIpc) is 2.65. The second kappa shape index (κ2) is 11.6. The van der Waals surface area contributed by atoms with Gasteiger partial charge in [-0.05, 0) is 35.9 Å². The third-order valence-corrected chi connectivity index (χ3v) is 5.64. The fourth-order valence-corrected chi connectivity index (χ4v) is 3.45. The van der Waals surface area contributed by atoms with Gasteiger partial charge in [-0.1, -0.05) is 48.0 Å². The van der Waals surface area contributed by atoms with Crippen LogP contribution in [0.3, 0.4) is 0 Å². The van der Waals surface area contributed by atoms with Crippen molar-refractivity contribution in [2.75, 3.05) is 21.1 Å². The van der Waals surface area contributed by atoms with Gasteiger partial charge in [0.15, 0.2) is 5.96 Å². The Morgan fingerprint density at radius 1 is 1.04 bits per heavy atom. The minimum absolute atomic E-state index is 0. The van der Waals surface area contributed by atoms with Crippen LogP contribution in [0.4, 0.5) is 0 Å². The van der Waals surface area contributed by atoms with E-state index in [2.05, 4.69) is 15.0 Å². The van der Waals surface area contributed by atoms with E-state index in [1.54, 1.807) is 7.05 Å². The van der Waals surface area contributed by atoms with E-state index in [9.17, 15) is 8.42 Å². The topological polar surface area (TPSA) is 73.8 Å². The SMILES string of the molecule is CN=C(NCc1ccc(CS(=O)(=O)NC)cc1)N(C)Cc1ccc(Cl)cc1.I. The Morgan fingerprint density at radius 3 is 2.11 bits per heavy atom. The second-order valence-corrected chi connectivity index (χ2v) is 8.53. The molecule has 0 aliphatic heterocycles. The van der Waals surface area contributed by atoms with Crippen molar-refractivity contribution in [3.05, 3.63) is 70.2 Å². The summed E-state index contributed by atoms with van der Waals surface area (Å²) in [6, 6.07) is 15.2. The van der Waals surface area contributed by atoms with Gasteiger partial charge in [-0.15, -0.1) is 24.0 Å². The predicted octanol–water partition coefficient (Wildman–Crippen LogP) is 3.21. The zero-order valence-corrected chi connectivity index (χ0v) is 20.0. The molecule has 28 heavy (non-hydrogen) atoms. The zero-order valence-electron chi connectivity index (χ0n) is 16.1. The number of hydrogen-bond acceptors (Lipinski definition) is 3. The van der Waals surface area contributed by atoms with Gasteiger partial charge in [-0.25, -0.2) is 13.1 Å². The summed E-state index contributed by atoms with van der Waals surface area (Å²) in [5.41, 5.74) is 2.93. The van der Waals surface area contributed by atoms with Crippen molar-refractivity contribution in [3.8, 4) is 0 Å². The van der Waals surface area contributed by atoms with Crippen molar-refractivity contribution in [3.63, 3.8) is 0 Å². The van der Waals surface area contributed by atoms with Crippen LogP contribution in [0.15, 0.2) is 53.5 Å². The molecule has 6 nitrogen and oxygen atoms in total. The first-order valence-corrected chi connectivity index (χ1v) is 10.5. The molecule has 0 aromatic heterocycles. The molecule has 0 aliphatic rings. The predicted molar refractivity (Wildman–Crippen MR) is 127 cm³/mol. The summed E-state index contributed by atoms with van der Waals surface area (Å²) in [6.45, 7) is 1.30. The molecule has 0 bridgehead atoms. The molecular weight excluding hydrogens is 511 g/mol. The van der Waals surface area contributed by atoms with Crippen LogP contribution in [0.1, 0.15) is 16.7 Å². The summed E-state index contributed by atoms with van der Waals surface area (Å²) in [4.78, 5) is 6.34. The monoisotopic (exact) mass is 536 g/mol. The van der Waals surface area contributed by atoms with E-state index in [-0.39, 0.29) is 29.7 Å². The third-order valence-electron chi connectivity index (χ3n) is 4.05. The average molecular weight is 537 g/mol. The van der Waals surface area contributed by atoms with Crippen LogP contribution >= 0.6 is 35.6 Å². The molecule has 2 N–H and O–H groups in total. The summed E-state index contributed by atoms with van der Waals surface area (Å²) in [5, 5.41) is 4.03. The highest BCUT2D eigenvalue weighted by atomic mass is 127. The normalized spacial score (nSPS) is 11.6. The summed E-state index contributed by atoms with van der Waals surface area (Å²) in [6.07, 6.45) is 0. The number of rotatable bonds is 7. The molecule has 0 heterocycles. The van der Waals surface area contributed by atoms with E-state index in [4.69, 9.17) is 11.6 Å². The van der Waals surface area contributed by atoms with Gasteiger partial charge >= 0.3 is 0 Å². The molecule has 0 atom stereocenters. The Bertz CT molecular complexity index is 872. The van der Waals surface area contributed by atoms with E-state index in [0.717, 1.165) is 27.7 Å². The Morgan fingerprint density at radius 2 is 1.57 bits per heavy atom. The van der Waals surface area contributed by atoms with Gasteiger partial charge in [-0.3, -0.25) is 4.99 Å². The standard InChI is InChI=1S/C19H25ClN4O2S.HI/c1-21-19(24(3)13-16-8-10-18(20)11-9-16)23-12-15-4-6-17(7-5-15)14-27(25,26)22-2;/h4-11,22H,12-14H2,1-3H3,(H,21,23);1H. The maximum Gasteiger partial charge on any atom is 0.215 e. The second-order valence-electron chi connectivity index (χ2n) is 6.16. The maximum atomic E-state index is 11.6. The van der Waals surface area contributed by atoms with E-state index in [1.807, 2.05) is 60.5 Å². The molecule has 9 heteroatoms. The number of benzene rings is 2. The third kappa shape index (κ3) is 7.94. The highest BCUT2D eigenvalue weighted by Crippen LogP contribution is 2.11. The van der Waals surface area contributed by atoms with Crippen LogP contribution in [-0.2, 0) is 28.9 Å². The molecule has 0 saturated carbocycles. The molecule has 0 saturated heterocycles. The molecule has 0 fully saturated rings. The molecule has 154 valence electrons. The highest BCUT2D eigenvalue weighted by molar-refractivity contribution is 14.0. The van der Waals surface area contributed by atoms with Gasteiger partial charge in [0.1, 0.15) is 0 Å². The first-order valence-electron chi connectivity index (χ1n) is 8.48. The molecule has 2 rings (SSSR count). The van der Waals surface area contributed by atoms with Gasteiger partial charge in [0.2, 0.25) is 10.0 Å². The van der Waals surface area contributed by atoms with E-state index >= 15 is 0 Å². The van der Waals surface area contributed by atoms with Crippen LogP contribution in [0.5, 0.6) is 0 Å².